The molecule has 1 aromatic heterocycles. The van der Waals surface area contributed by atoms with E-state index in [1.807, 2.05) is 13.8 Å². The van der Waals surface area contributed by atoms with Gasteiger partial charge in [-0.1, -0.05) is 31.9 Å². The Morgan fingerprint density at radius 3 is 2.55 bits per heavy atom. The van der Waals surface area contributed by atoms with Crippen LogP contribution in [0.15, 0.2) is 12.1 Å². The van der Waals surface area contributed by atoms with Crippen molar-refractivity contribution in [2.24, 2.45) is 5.92 Å². The lowest BCUT2D eigenvalue weighted by molar-refractivity contribution is -0.147. The van der Waals surface area contributed by atoms with E-state index < -0.39 is 30.5 Å². The van der Waals surface area contributed by atoms with Gasteiger partial charge in [-0.05, 0) is 18.1 Å². The van der Waals surface area contributed by atoms with Crippen molar-refractivity contribution < 1.29 is 23.9 Å². The first-order valence-corrected chi connectivity index (χ1v) is 7.88. The minimum Gasteiger partial charge on any atom is -0.467 e. The molecule has 0 fully saturated rings. The molecule has 1 rings (SSSR count). The first-order valence-electron chi connectivity index (χ1n) is 6.68. The van der Waals surface area contributed by atoms with Crippen molar-refractivity contribution in [2.75, 3.05) is 13.7 Å². The van der Waals surface area contributed by atoms with Gasteiger partial charge in [-0.2, -0.15) is 0 Å². The normalized spacial score (nSPS) is 13.1. The summed E-state index contributed by atoms with van der Waals surface area (Å²) in [5.41, 5.74) is 0. The molecule has 0 aliphatic heterocycles. The molecule has 0 radical (unpaired) electrons. The summed E-state index contributed by atoms with van der Waals surface area (Å²) in [5, 5.41) is 2.52. The Bertz CT molecular complexity index is 545. The van der Waals surface area contributed by atoms with E-state index >= 15 is 0 Å². The van der Waals surface area contributed by atoms with E-state index in [2.05, 4.69) is 10.1 Å². The molecule has 0 aromatic carbocycles. The number of hydrogen-bond acceptors (Lipinski definition) is 6. The lowest BCUT2D eigenvalue weighted by Crippen LogP contribution is -2.47. The van der Waals surface area contributed by atoms with E-state index in [9.17, 15) is 14.4 Å². The zero-order valence-electron chi connectivity index (χ0n) is 12.6. The predicted octanol–water partition coefficient (Wildman–Crippen LogP) is 2.26. The smallest absolute Gasteiger partial charge is 0.348 e. The zero-order valence-corrected chi connectivity index (χ0v) is 14.1. The van der Waals surface area contributed by atoms with Crippen molar-refractivity contribution in [2.45, 2.75) is 26.3 Å². The maximum atomic E-state index is 11.8. The van der Waals surface area contributed by atoms with Crippen molar-refractivity contribution in [3.63, 3.8) is 0 Å². The second-order valence-corrected chi connectivity index (χ2v) is 6.35. The Morgan fingerprint density at radius 1 is 1.36 bits per heavy atom. The maximum absolute atomic E-state index is 11.8. The summed E-state index contributed by atoms with van der Waals surface area (Å²) in [6, 6.07) is 2.32. The molecule has 1 aromatic rings. The summed E-state index contributed by atoms with van der Waals surface area (Å²) in [4.78, 5) is 35.5. The SMILES string of the molecule is CC[C@@H](C)[C@@H](NC(=O)COC(=O)c1ccc(Cl)s1)C(=O)OC. The molecule has 1 heterocycles. The van der Waals surface area contributed by atoms with Crippen LogP contribution < -0.4 is 5.32 Å². The number of carbonyl (C=O) groups excluding carboxylic acids is 3. The third kappa shape index (κ3) is 5.31. The Balaban J connectivity index is 2.53. The average Bonchev–Trinajstić information content (AvgIpc) is 2.95. The molecule has 8 heteroatoms. The number of halogens is 1. The lowest BCUT2D eigenvalue weighted by Gasteiger charge is -2.21. The summed E-state index contributed by atoms with van der Waals surface area (Å²) in [6.07, 6.45) is 0.688. The van der Waals surface area contributed by atoms with Crippen molar-refractivity contribution in [3.8, 4) is 0 Å². The van der Waals surface area contributed by atoms with E-state index in [4.69, 9.17) is 16.3 Å². The third-order valence-electron chi connectivity index (χ3n) is 3.09. The van der Waals surface area contributed by atoms with Crippen LogP contribution in [0.2, 0.25) is 4.34 Å². The topological polar surface area (TPSA) is 81.7 Å². The van der Waals surface area contributed by atoms with Crippen LogP contribution in [-0.4, -0.2) is 37.6 Å². The number of carbonyl (C=O) groups is 3. The quantitative estimate of drug-likeness (QED) is 0.765. The largest absolute Gasteiger partial charge is 0.467 e. The van der Waals surface area contributed by atoms with Crippen molar-refractivity contribution in [1.82, 2.24) is 5.32 Å². The number of thiophene rings is 1. The van der Waals surface area contributed by atoms with Gasteiger partial charge in [0.1, 0.15) is 10.9 Å². The van der Waals surface area contributed by atoms with E-state index in [-0.39, 0.29) is 5.92 Å². The first kappa shape index (κ1) is 18.4. The molecule has 0 aliphatic carbocycles. The van der Waals surface area contributed by atoms with Crippen LogP contribution >= 0.6 is 22.9 Å². The van der Waals surface area contributed by atoms with Gasteiger partial charge in [-0.15, -0.1) is 11.3 Å². The Hall–Kier alpha value is -1.60. The van der Waals surface area contributed by atoms with Gasteiger partial charge in [0.2, 0.25) is 0 Å². The Morgan fingerprint density at radius 2 is 2.05 bits per heavy atom. The maximum Gasteiger partial charge on any atom is 0.348 e. The highest BCUT2D eigenvalue weighted by atomic mass is 35.5. The zero-order chi connectivity index (χ0) is 16.7. The number of methoxy groups -OCH3 is 1. The van der Waals surface area contributed by atoms with Gasteiger partial charge in [0.15, 0.2) is 6.61 Å². The van der Waals surface area contributed by atoms with E-state index in [0.717, 1.165) is 11.3 Å². The molecular formula is C14H18ClNO5S. The van der Waals surface area contributed by atoms with E-state index in [0.29, 0.717) is 15.6 Å². The third-order valence-corrected chi connectivity index (χ3v) is 4.30. The fourth-order valence-corrected chi connectivity index (χ4v) is 2.57. The second-order valence-electron chi connectivity index (χ2n) is 4.63. The molecule has 0 aliphatic rings. The summed E-state index contributed by atoms with van der Waals surface area (Å²) >= 11 is 6.78. The molecule has 122 valence electrons. The lowest BCUT2D eigenvalue weighted by atomic mass is 9.99. The minimum absolute atomic E-state index is 0.0943. The fraction of sp³-hybridized carbons (Fsp3) is 0.500. The average molecular weight is 348 g/mol. The van der Waals surface area contributed by atoms with Crippen LogP contribution in [0.25, 0.3) is 0 Å². The van der Waals surface area contributed by atoms with Crippen LogP contribution in [0.1, 0.15) is 29.9 Å². The molecule has 0 unspecified atom stereocenters. The van der Waals surface area contributed by atoms with Crippen LogP contribution in [-0.2, 0) is 19.1 Å². The number of rotatable bonds is 7. The van der Waals surface area contributed by atoms with Crippen molar-refractivity contribution in [3.05, 3.63) is 21.3 Å². The van der Waals surface area contributed by atoms with E-state index in [1.165, 1.54) is 13.2 Å². The fourth-order valence-electron chi connectivity index (χ4n) is 1.64. The van der Waals surface area contributed by atoms with Gasteiger partial charge in [-0.25, -0.2) is 9.59 Å². The summed E-state index contributed by atoms with van der Waals surface area (Å²) in [6.45, 7) is 3.24. The molecule has 2 atom stereocenters. The molecule has 6 nitrogen and oxygen atoms in total. The van der Waals surface area contributed by atoms with Gasteiger partial charge in [-0.3, -0.25) is 4.79 Å². The Kier molecular flexibility index (Phi) is 7.34. The molecule has 0 saturated carbocycles. The summed E-state index contributed by atoms with van der Waals surface area (Å²) in [7, 11) is 1.25. The van der Waals surface area contributed by atoms with Crippen LogP contribution in [0.4, 0.5) is 0 Å². The number of hydrogen-bond donors (Lipinski definition) is 1. The van der Waals surface area contributed by atoms with Crippen LogP contribution in [0.3, 0.4) is 0 Å². The van der Waals surface area contributed by atoms with Gasteiger partial charge >= 0.3 is 11.9 Å². The standard InChI is InChI=1S/C14H18ClNO5S/c1-4-8(2)12(14(19)20-3)16-11(17)7-21-13(18)9-5-6-10(15)22-9/h5-6,8,12H,4,7H2,1-3H3,(H,16,17)/t8-,12-/m1/s1. The van der Waals surface area contributed by atoms with Crippen LogP contribution in [0.5, 0.6) is 0 Å². The Labute approximate surface area is 137 Å². The summed E-state index contributed by atoms with van der Waals surface area (Å²) < 4.78 is 10.00. The molecular weight excluding hydrogens is 330 g/mol. The van der Waals surface area contributed by atoms with Gasteiger partial charge in [0, 0.05) is 0 Å². The number of nitrogens with one attached hydrogen (secondary N) is 1. The van der Waals surface area contributed by atoms with Gasteiger partial charge in [0.05, 0.1) is 11.4 Å². The summed E-state index contributed by atoms with van der Waals surface area (Å²) in [5.74, 6) is -1.82. The molecule has 22 heavy (non-hydrogen) atoms. The van der Waals surface area contributed by atoms with Crippen molar-refractivity contribution >= 4 is 40.8 Å². The number of esters is 2. The highest BCUT2D eigenvalue weighted by molar-refractivity contribution is 7.17. The highest BCUT2D eigenvalue weighted by Crippen LogP contribution is 2.21. The van der Waals surface area contributed by atoms with Crippen LogP contribution in [0, 0.1) is 5.92 Å². The van der Waals surface area contributed by atoms with Gasteiger partial charge < -0.3 is 14.8 Å². The molecule has 0 spiro atoms. The monoisotopic (exact) mass is 347 g/mol. The first-order chi connectivity index (χ1) is 10.4. The minimum atomic E-state index is -0.766. The van der Waals surface area contributed by atoms with E-state index in [1.54, 1.807) is 6.07 Å². The molecule has 1 N–H and O–H groups in total. The molecule has 0 saturated heterocycles. The predicted molar refractivity (Wildman–Crippen MR) is 83.0 cm³/mol. The number of ether oxygens (including phenoxy) is 2. The highest BCUT2D eigenvalue weighted by Gasteiger charge is 2.27. The van der Waals surface area contributed by atoms with Crippen molar-refractivity contribution in [1.29, 1.82) is 0 Å². The van der Waals surface area contributed by atoms with Gasteiger partial charge in [0.25, 0.3) is 5.91 Å². The second kappa shape index (κ2) is 8.75. The number of amides is 1. The molecule has 1 amide bonds. The molecule has 0 bridgehead atoms.